The lowest BCUT2D eigenvalue weighted by atomic mass is 10.0. The van der Waals surface area contributed by atoms with Crippen molar-refractivity contribution in [2.45, 2.75) is 0 Å². The second-order valence-corrected chi connectivity index (χ2v) is 6.55. The third kappa shape index (κ3) is 2.37. The highest BCUT2D eigenvalue weighted by molar-refractivity contribution is 6.13. The lowest BCUT2D eigenvalue weighted by Gasteiger charge is -2.11. The van der Waals surface area contributed by atoms with E-state index in [0.717, 1.165) is 33.1 Å². The van der Waals surface area contributed by atoms with E-state index in [0.29, 0.717) is 5.56 Å². The molecule has 5 heteroatoms. The van der Waals surface area contributed by atoms with Crippen LogP contribution in [0.5, 0.6) is 0 Å². The number of para-hydroxylation sites is 3. The average Bonchev–Trinajstić information content (AvgIpc) is 3.09. The number of rotatable bonds is 3. The molecule has 0 aliphatic carbocycles. The standard InChI is InChI=1S/C23H15N3O2/c27-26(28)22-13-7-5-11-18(22)20-15-24-14-19-17-10-4-6-12-21(17)25(23(19)20)16-8-2-1-3-9-16/h1-15H. The summed E-state index contributed by atoms with van der Waals surface area (Å²) in [6, 6.07) is 24.9. The van der Waals surface area contributed by atoms with Crippen molar-refractivity contribution in [3.8, 4) is 16.8 Å². The van der Waals surface area contributed by atoms with E-state index in [4.69, 9.17) is 0 Å². The van der Waals surface area contributed by atoms with Crippen LogP contribution >= 0.6 is 0 Å². The van der Waals surface area contributed by atoms with E-state index < -0.39 is 0 Å². The molecule has 0 saturated carbocycles. The maximum Gasteiger partial charge on any atom is 0.277 e. The summed E-state index contributed by atoms with van der Waals surface area (Å²) in [5.41, 5.74) is 4.32. The zero-order valence-corrected chi connectivity index (χ0v) is 14.8. The Labute approximate surface area is 160 Å². The summed E-state index contributed by atoms with van der Waals surface area (Å²) < 4.78 is 2.15. The van der Waals surface area contributed by atoms with Gasteiger partial charge >= 0.3 is 0 Å². The molecule has 0 saturated heterocycles. The molecule has 0 amide bonds. The molecule has 28 heavy (non-hydrogen) atoms. The van der Waals surface area contributed by atoms with Crippen molar-refractivity contribution in [3.63, 3.8) is 0 Å². The summed E-state index contributed by atoms with van der Waals surface area (Å²) in [5.74, 6) is 0. The molecule has 2 heterocycles. The second-order valence-electron chi connectivity index (χ2n) is 6.55. The van der Waals surface area contributed by atoms with E-state index in [9.17, 15) is 10.1 Å². The molecule has 0 spiro atoms. The SMILES string of the molecule is O=[N+]([O-])c1ccccc1-c1cncc2c3ccccc3n(-c3ccccc3)c12. The van der Waals surface area contributed by atoms with Gasteiger partial charge in [0.1, 0.15) is 0 Å². The summed E-state index contributed by atoms with van der Waals surface area (Å²) >= 11 is 0. The monoisotopic (exact) mass is 365 g/mol. The molecule has 0 bridgehead atoms. The summed E-state index contributed by atoms with van der Waals surface area (Å²) in [6.07, 6.45) is 3.54. The minimum absolute atomic E-state index is 0.0710. The Morgan fingerprint density at radius 3 is 2.29 bits per heavy atom. The summed E-state index contributed by atoms with van der Waals surface area (Å²) in [7, 11) is 0. The third-order valence-corrected chi connectivity index (χ3v) is 4.98. The highest BCUT2D eigenvalue weighted by Crippen LogP contribution is 2.39. The van der Waals surface area contributed by atoms with Crippen LogP contribution in [0.3, 0.4) is 0 Å². The number of aromatic nitrogens is 2. The van der Waals surface area contributed by atoms with Crippen molar-refractivity contribution in [1.29, 1.82) is 0 Å². The van der Waals surface area contributed by atoms with Gasteiger partial charge in [-0.2, -0.15) is 0 Å². The fourth-order valence-electron chi connectivity index (χ4n) is 3.81. The van der Waals surface area contributed by atoms with Crippen molar-refractivity contribution in [1.82, 2.24) is 9.55 Å². The number of nitrogens with zero attached hydrogens (tertiary/aromatic N) is 3. The van der Waals surface area contributed by atoms with Gasteiger partial charge in [0, 0.05) is 40.5 Å². The summed E-state index contributed by atoms with van der Waals surface area (Å²) in [5, 5.41) is 13.7. The Morgan fingerprint density at radius 1 is 0.750 bits per heavy atom. The van der Waals surface area contributed by atoms with Gasteiger partial charge in [-0.15, -0.1) is 0 Å². The number of pyridine rings is 1. The van der Waals surface area contributed by atoms with Crippen molar-refractivity contribution in [2.24, 2.45) is 0 Å². The van der Waals surface area contributed by atoms with E-state index in [1.807, 2.05) is 54.7 Å². The van der Waals surface area contributed by atoms with Gasteiger partial charge in [-0.25, -0.2) is 0 Å². The number of hydrogen-bond acceptors (Lipinski definition) is 3. The normalized spacial score (nSPS) is 11.1. The van der Waals surface area contributed by atoms with E-state index in [1.165, 1.54) is 6.07 Å². The first-order chi connectivity index (χ1) is 13.8. The van der Waals surface area contributed by atoms with E-state index >= 15 is 0 Å². The Hall–Kier alpha value is -3.99. The van der Waals surface area contributed by atoms with E-state index in [1.54, 1.807) is 18.3 Å². The second kappa shape index (κ2) is 6.32. The van der Waals surface area contributed by atoms with E-state index in [2.05, 4.69) is 21.7 Å². The van der Waals surface area contributed by atoms with Crippen LogP contribution in [0.4, 0.5) is 5.69 Å². The van der Waals surface area contributed by atoms with Crippen molar-refractivity contribution < 1.29 is 4.92 Å². The summed E-state index contributed by atoms with van der Waals surface area (Å²) in [6.45, 7) is 0. The summed E-state index contributed by atoms with van der Waals surface area (Å²) in [4.78, 5) is 15.7. The first-order valence-corrected chi connectivity index (χ1v) is 8.92. The molecule has 5 nitrogen and oxygen atoms in total. The van der Waals surface area contributed by atoms with Crippen LogP contribution in [-0.2, 0) is 0 Å². The van der Waals surface area contributed by atoms with Crippen LogP contribution < -0.4 is 0 Å². The van der Waals surface area contributed by atoms with Crippen LogP contribution in [0.15, 0.2) is 91.3 Å². The fourth-order valence-corrected chi connectivity index (χ4v) is 3.81. The average molecular weight is 365 g/mol. The lowest BCUT2D eigenvalue weighted by Crippen LogP contribution is -1.97. The lowest BCUT2D eigenvalue weighted by molar-refractivity contribution is -0.384. The first kappa shape index (κ1) is 16.2. The molecule has 0 radical (unpaired) electrons. The predicted molar refractivity (Wildman–Crippen MR) is 111 cm³/mol. The Kier molecular flexibility index (Phi) is 3.66. The van der Waals surface area contributed by atoms with Crippen molar-refractivity contribution in [3.05, 3.63) is 101 Å². The Balaban J connectivity index is 1.98. The van der Waals surface area contributed by atoms with Crippen LogP contribution in [0.25, 0.3) is 38.6 Å². The molecule has 134 valence electrons. The zero-order valence-electron chi connectivity index (χ0n) is 14.8. The van der Waals surface area contributed by atoms with Gasteiger partial charge in [0.2, 0.25) is 0 Å². The number of benzene rings is 3. The van der Waals surface area contributed by atoms with Gasteiger partial charge < -0.3 is 4.57 Å². The zero-order chi connectivity index (χ0) is 19.1. The molecule has 5 rings (SSSR count). The minimum Gasteiger partial charge on any atom is -0.308 e. The molecule has 3 aromatic carbocycles. The highest BCUT2D eigenvalue weighted by Gasteiger charge is 2.21. The molecule has 0 unspecified atom stereocenters. The number of nitro benzene ring substituents is 1. The van der Waals surface area contributed by atoms with Crippen LogP contribution in [-0.4, -0.2) is 14.5 Å². The van der Waals surface area contributed by atoms with Gasteiger partial charge in [-0.1, -0.05) is 48.5 Å². The molecule has 5 aromatic rings. The third-order valence-electron chi connectivity index (χ3n) is 4.98. The van der Waals surface area contributed by atoms with Gasteiger partial charge in [-0.3, -0.25) is 15.1 Å². The maximum absolute atomic E-state index is 11.6. The highest BCUT2D eigenvalue weighted by atomic mass is 16.6. The fraction of sp³-hybridized carbons (Fsp3) is 0. The maximum atomic E-state index is 11.6. The van der Waals surface area contributed by atoms with Crippen LogP contribution in [0.1, 0.15) is 0 Å². The van der Waals surface area contributed by atoms with Gasteiger partial charge in [0.15, 0.2) is 0 Å². The minimum atomic E-state index is -0.344. The smallest absolute Gasteiger partial charge is 0.277 e. The molecule has 0 aliphatic heterocycles. The molecule has 0 N–H and O–H groups in total. The molecular weight excluding hydrogens is 350 g/mol. The Morgan fingerprint density at radius 2 is 1.46 bits per heavy atom. The Bertz CT molecular complexity index is 1340. The molecule has 2 aromatic heterocycles. The number of fused-ring (bicyclic) bond motifs is 3. The largest absolute Gasteiger partial charge is 0.308 e. The van der Waals surface area contributed by atoms with Gasteiger partial charge in [0.05, 0.1) is 21.5 Å². The van der Waals surface area contributed by atoms with Crippen molar-refractivity contribution >= 4 is 27.5 Å². The molecular formula is C23H15N3O2. The number of hydrogen-bond donors (Lipinski definition) is 0. The quantitative estimate of drug-likeness (QED) is 0.302. The molecule has 0 atom stereocenters. The van der Waals surface area contributed by atoms with Crippen molar-refractivity contribution in [2.75, 3.05) is 0 Å². The van der Waals surface area contributed by atoms with Gasteiger partial charge in [0.25, 0.3) is 5.69 Å². The van der Waals surface area contributed by atoms with Gasteiger partial charge in [-0.05, 0) is 24.3 Å². The predicted octanol–water partition coefficient (Wildman–Crippen LogP) is 5.75. The topological polar surface area (TPSA) is 61.0 Å². The van der Waals surface area contributed by atoms with Crippen LogP contribution in [0.2, 0.25) is 0 Å². The first-order valence-electron chi connectivity index (χ1n) is 8.92. The molecule has 0 fully saturated rings. The number of nitro groups is 1. The van der Waals surface area contributed by atoms with Crippen LogP contribution in [0, 0.1) is 10.1 Å². The van der Waals surface area contributed by atoms with E-state index in [-0.39, 0.29) is 10.6 Å². The molecule has 0 aliphatic rings.